The molecule has 1 unspecified atom stereocenters. The van der Waals surface area contributed by atoms with Crippen molar-refractivity contribution in [2.24, 2.45) is 11.7 Å². The van der Waals surface area contributed by atoms with Gasteiger partial charge >= 0.3 is 0 Å². The molecular formula is C11H24N2. The van der Waals surface area contributed by atoms with Gasteiger partial charge in [0.05, 0.1) is 0 Å². The Balaban J connectivity index is 2.34. The van der Waals surface area contributed by atoms with Crippen molar-refractivity contribution in [1.29, 1.82) is 0 Å². The Bertz CT molecular complexity index is 128. The summed E-state index contributed by atoms with van der Waals surface area (Å²) in [6.07, 6.45) is 5.41. The molecule has 0 aromatic carbocycles. The van der Waals surface area contributed by atoms with Gasteiger partial charge in [-0.3, -0.25) is 4.90 Å². The second-order valence-electron chi connectivity index (χ2n) is 4.62. The van der Waals surface area contributed by atoms with Gasteiger partial charge in [0.2, 0.25) is 0 Å². The first-order chi connectivity index (χ1) is 6.24. The number of hydrogen-bond acceptors (Lipinski definition) is 2. The van der Waals surface area contributed by atoms with Crippen LogP contribution in [0.1, 0.15) is 39.5 Å². The summed E-state index contributed by atoms with van der Waals surface area (Å²) in [6, 6.07) is 0.639. The molecule has 1 aliphatic heterocycles. The fourth-order valence-corrected chi connectivity index (χ4v) is 2.22. The van der Waals surface area contributed by atoms with Crippen LogP contribution in [-0.4, -0.2) is 30.6 Å². The minimum atomic E-state index is 0.639. The Hall–Kier alpha value is -0.0800. The van der Waals surface area contributed by atoms with Crippen molar-refractivity contribution in [2.75, 3.05) is 19.6 Å². The van der Waals surface area contributed by atoms with E-state index in [1.165, 1.54) is 38.8 Å². The third-order valence-electron chi connectivity index (χ3n) is 2.92. The number of likely N-dealkylation sites (tertiary alicyclic amines) is 1. The zero-order valence-corrected chi connectivity index (χ0v) is 9.13. The highest BCUT2D eigenvalue weighted by Gasteiger charge is 2.19. The van der Waals surface area contributed by atoms with Crippen LogP contribution in [0.25, 0.3) is 0 Å². The van der Waals surface area contributed by atoms with E-state index < -0.39 is 0 Å². The average molecular weight is 184 g/mol. The number of nitrogens with zero attached hydrogens (tertiary/aromatic N) is 1. The van der Waals surface area contributed by atoms with Gasteiger partial charge in [-0.25, -0.2) is 0 Å². The summed E-state index contributed by atoms with van der Waals surface area (Å²) >= 11 is 0. The third-order valence-corrected chi connectivity index (χ3v) is 2.92. The molecule has 13 heavy (non-hydrogen) atoms. The van der Waals surface area contributed by atoms with Gasteiger partial charge in [-0.2, -0.15) is 0 Å². The van der Waals surface area contributed by atoms with Crippen molar-refractivity contribution < 1.29 is 0 Å². The first-order valence-electron chi connectivity index (χ1n) is 5.68. The van der Waals surface area contributed by atoms with E-state index in [1.54, 1.807) is 0 Å². The summed E-state index contributed by atoms with van der Waals surface area (Å²) in [6.45, 7) is 7.95. The van der Waals surface area contributed by atoms with Gasteiger partial charge in [0, 0.05) is 12.6 Å². The van der Waals surface area contributed by atoms with Crippen LogP contribution < -0.4 is 5.73 Å². The van der Waals surface area contributed by atoms with Gasteiger partial charge in [0.1, 0.15) is 0 Å². The fraction of sp³-hybridized carbons (Fsp3) is 1.00. The Morgan fingerprint density at radius 1 is 1.15 bits per heavy atom. The van der Waals surface area contributed by atoms with Gasteiger partial charge < -0.3 is 5.73 Å². The highest BCUT2D eigenvalue weighted by molar-refractivity contribution is 4.76. The van der Waals surface area contributed by atoms with Crippen LogP contribution in [0.15, 0.2) is 0 Å². The van der Waals surface area contributed by atoms with Crippen LogP contribution in [-0.2, 0) is 0 Å². The minimum Gasteiger partial charge on any atom is -0.329 e. The maximum absolute atomic E-state index is 5.81. The molecule has 1 saturated heterocycles. The SMILES string of the molecule is CC(C)CC(CN)N1CCCCC1. The lowest BCUT2D eigenvalue weighted by Crippen LogP contribution is -2.44. The smallest absolute Gasteiger partial charge is 0.0220 e. The topological polar surface area (TPSA) is 29.3 Å². The van der Waals surface area contributed by atoms with E-state index in [0.29, 0.717) is 6.04 Å². The lowest BCUT2D eigenvalue weighted by molar-refractivity contribution is 0.149. The second-order valence-corrected chi connectivity index (χ2v) is 4.62. The minimum absolute atomic E-state index is 0.639. The Kier molecular flexibility index (Phi) is 4.74. The normalized spacial score (nSPS) is 22.2. The zero-order valence-electron chi connectivity index (χ0n) is 9.13. The summed E-state index contributed by atoms with van der Waals surface area (Å²) in [4.78, 5) is 2.59. The first kappa shape index (κ1) is 11.0. The number of hydrogen-bond donors (Lipinski definition) is 1. The monoisotopic (exact) mass is 184 g/mol. The maximum atomic E-state index is 5.81. The molecule has 1 aliphatic rings. The number of nitrogens with two attached hydrogens (primary N) is 1. The van der Waals surface area contributed by atoms with E-state index in [4.69, 9.17) is 5.73 Å². The molecular weight excluding hydrogens is 160 g/mol. The molecule has 1 atom stereocenters. The molecule has 0 aromatic heterocycles. The van der Waals surface area contributed by atoms with Gasteiger partial charge in [-0.15, -0.1) is 0 Å². The molecule has 0 aliphatic carbocycles. The molecule has 1 rings (SSSR count). The highest BCUT2D eigenvalue weighted by Crippen LogP contribution is 2.16. The van der Waals surface area contributed by atoms with Gasteiger partial charge in [0.25, 0.3) is 0 Å². The van der Waals surface area contributed by atoms with Crippen LogP contribution >= 0.6 is 0 Å². The molecule has 2 N–H and O–H groups in total. The van der Waals surface area contributed by atoms with E-state index in [2.05, 4.69) is 18.7 Å². The largest absolute Gasteiger partial charge is 0.329 e. The first-order valence-corrected chi connectivity index (χ1v) is 5.68. The molecule has 0 aromatic rings. The molecule has 0 saturated carbocycles. The van der Waals surface area contributed by atoms with Crippen molar-refractivity contribution in [2.45, 2.75) is 45.6 Å². The Morgan fingerprint density at radius 2 is 1.77 bits per heavy atom. The van der Waals surface area contributed by atoms with E-state index in [9.17, 15) is 0 Å². The van der Waals surface area contributed by atoms with E-state index in [1.807, 2.05) is 0 Å². The molecule has 78 valence electrons. The van der Waals surface area contributed by atoms with Gasteiger partial charge in [0.15, 0.2) is 0 Å². The van der Waals surface area contributed by atoms with Crippen LogP contribution in [0, 0.1) is 5.92 Å². The van der Waals surface area contributed by atoms with E-state index in [0.717, 1.165) is 12.5 Å². The summed E-state index contributed by atoms with van der Waals surface area (Å²) in [7, 11) is 0. The van der Waals surface area contributed by atoms with Crippen molar-refractivity contribution in [1.82, 2.24) is 4.90 Å². The van der Waals surface area contributed by atoms with E-state index in [-0.39, 0.29) is 0 Å². The summed E-state index contributed by atoms with van der Waals surface area (Å²) < 4.78 is 0. The number of rotatable bonds is 4. The van der Waals surface area contributed by atoms with Crippen molar-refractivity contribution in [3.63, 3.8) is 0 Å². The Labute approximate surface area is 82.5 Å². The Morgan fingerprint density at radius 3 is 2.23 bits per heavy atom. The third kappa shape index (κ3) is 3.65. The molecule has 0 radical (unpaired) electrons. The lowest BCUT2D eigenvalue weighted by atomic mass is 10.00. The molecule has 1 heterocycles. The molecule has 0 amide bonds. The van der Waals surface area contributed by atoms with Crippen LogP contribution in [0.2, 0.25) is 0 Å². The van der Waals surface area contributed by atoms with Crippen LogP contribution in [0.3, 0.4) is 0 Å². The van der Waals surface area contributed by atoms with Crippen LogP contribution in [0.5, 0.6) is 0 Å². The van der Waals surface area contributed by atoms with E-state index >= 15 is 0 Å². The highest BCUT2D eigenvalue weighted by atomic mass is 15.2. The molecule has 1 fully saturated rings. The summed E-state index contributed by atoms with van der Waals surface area (Å²) in [5, 5.41) is 0. The summed E-state index contributed by atoms with van der Waals surface area (Å²) in [5.41, 5.74) is 5.81. The maximum Gasteiger partial charge on any atom is 0.0220 e. The predicted octanol–water partition coefficient (Wildman–Crippen LogP) is 1.85. The number of piperidine rings is 1. The standard InChI is InChI=1S/C11H24N2/c1-10(2)8-11(9-12)13-6-4-3-5-7-13/h10-11H,3-9,12H2,1-2H3. The fourth-order valence-electron chi connectivity index (χ4n) is 2.22. The van der Waals surface area contributed by atoms with Crippen LogP contribution in [0.4, 0.5) is 0 Å². The average Bonchev–Trinajstić information content (AvgIpc) is 2.15. The van der Waals surface area contributed by atoms with Crippen molar-refractivity contribution in [3.05, 3.63) is 0 Å². The van der Waals surface area contributed by atoms with Crippen molar-refractivity contribution >= 4 is 0 Å². The molecule has 2 heteroatoms. The second kappa shape index (κ2) is 5.61. The molecule has 2 nitrogen and oxygen atoms in total. The quantitative estimate of drug-likeness (QED) is 0.722. The van der Waals surface area contributed by atoms with Gasteiger partial charge in [-0.05, 0) is 38.3 Å². The molecule has 0 spiro atoms. The molecule has 0 bridgehead atoms. The predicted molar refractivity (Wildman–Crippen MR) is 57.7 cm³/mol. The van der Waals surface area contributed by atoms with Crippen molar-refractivity contribution in [3.8, 4) is 0 Å². The lowest BCUT2D eigenvalue weighted by Gasteiger charge is -2.34. The van der Waals surface area contributed by atoms with Gasteiger partial charge in [-0.1, -0.05) is 20.3 Å². The summed E-state index contributed by atoms with van der Waals surface area (Å²) in [5.74, 6) is 0.774. The zero-order chi connectivity index (χ0) is 9.68.